The van der Waals surface area contributed by atoms with E-state index in [0.717, 1.165) is 11.1 Å². The van der Waals surface area contributed by atoms with Gasteiger partial charge in [-0.25, -0.2) is 9.59 Å². The van der Waals surface area contributed by atoms with E-state index in [0.29, 0.717) is 81.2 Å². The van der Waals surface area contributed by atoms with E-state index in [1.165, 1.54) is 42.9 Å². The number of carbonyl (C=O) groups is 10. The van der Waals surface area contributed by atoms with Crippen molar-refractivity contribution >= 4 is 82.0 Å². The van der Waals surface area contributed by atoms with Gasteiger partial charge in [-0.2, -0.15) is 0 Å². The van der Waals surface area contributed by atoms with Gasteiger partial charge >= 0.3 is 18.0 Å². The number of aliphatic hydroxyl groups is 1. The fraction of sp³-hybridized carbons (Fsp3) is 0.618. The van der Waals surface area contributed by atoms with Crippen LogP contribution in [-0.4, -0.2) is 189 Å². The molecule has 93 heavy (non-hydrogen) atoms. The van der Waals surface area contributed by atoms with Crippen molar-refractivity contribution in [1.29, 1.82) is 0 Å². The number of likely N-dealkylation sites (tertiary alicyclic amines) is 1. The lowest BCUT2D eigenvalue weighted by atomic mass is 9.78. The van der Waals surface area contributed by atoms with Gasteiger partial charge in [0.25, 0.3) is 5.91 Å². The number of imide groups is 1. The van der Waals surface area contributed by atoms with Crippen LogP contribution in [-0.2, 0) is 74.9 Å². The minimum atomic E-state index is -1.67. The number of nitrogens with one attached hydrogen (secondary N) is 2. The van der Waals surface area contributed by atoms with Crippen LogP contribution in [0.1, 0.15) is 141 Å². The van der Waals surface area contributed by atoms with Crippen LogP contribution in [0.5, 0.6) is 5.75 Å². The van der Waals surface area contributed by atoms with Gasteiger partial charge < -0.3 is 64.6 Å². The monoisotopic (exact) mass is 1320 g/mol. The number of primary amides is 1. The number of anilines is 2. The van der Waals surface area contributed by atoms with Crippen LogP contribution in [0.4, 0.5) is 16.2 Å². The highest BCUT2D eigenvalue weighted by molar-refractivity contribution is 6.35. The Hall–Kier alpha value is -7.25. The first-order chi connectivity index (χ1) is 44.0. The van der Waals surface area contributed by atoms with E-state index in [-0.39, 0.29) is 104 Å². The molecule has 510 valence electrons. The van der Waals surface area contributed by atoms with E-state index < -0.39 is 102 Å². The molecule has 11 atom stereocenters. The molecule has 0 saturated carbocycles. The lowest BCUT2D eigenvalue weighted by Crippen LogP contribution is -2.53. The number of hydrogen-bond donors (Lipinski definition) is 4. The number of epoxide rings is 1. The minimum Gasteiger partial charge on any atom is -0.495 e. The van der Waals surface area contributed by atoms with Crippen molar-refractivity contribution in [3.05, 3.63) is 75.8 Å². The number of morpholine rings is 1. The summed E-state index contributed by atoms with van der Waals surface area (Å²) < 4.78 is 35.7. The number of Topliss-reactive ketones (excluding diaryl/α,β-unsaturated/α-hetero) is 2. The van der Waals surface area contributed by atoms with E-state index in [1.807, 2.05) is 31.7 Å². The zero-order chi connectivity index (χ0) is 68.2. The summed E-state index contributed by atoms with van der Waals surface area (Å²) in [5, 5.41) is 17.7. The highest BCUT2D eigenvalue weighted by Gasteiger charge is 2.64. The molecule has 4 bridgehead atoms. The standard InChI is InChI=1S/C68H94ClN7O17/c1-39(2)48(35-47(77)18-13-12-14-24-76-58(80)30-41(4)63(76)83)62(82)72-49(19-16-23-71-66(70)86)52(78)34-45-21-22-46(33-50(45)75-25-27-90-28-26-75)64(84)73(8)43(6)65(85)92-56-36-57(79)74(9)51-31-44(32-53(88-10)60(51)69)29-40(3)17-15-20-55(89-11)68(87)37-54(91-59(81)38-68)42(5)61-67(56,7)93-61/h15,17,20-22,31-33,39,41-43,48-49,54-56,61,87H,12-14,16,18-19,23-30,34-38H2,1-11H3,(H,72,82)(H3,70,71,86)/b20-15+,40-17+/t41?,42-,43+,48+,49+,54+,55-,56+,61+,67+,68-/m1/s1. The highest BCUT2D eigenvalue weighted by Crippen LogP contribution is 2.50. The molecule has 2 aromatic rings. The molecule has 0 radical (unpaired) electrons. The largest absolute Gasteiger partial charge is 0.495 e. The molecule has 0 aliphatic carbocycles. The molecule has 7 amide bonds. The van der Waals surface area contributed by atoms with Gasteiger partial charge in [-0.05, 0) is 94.2 Å². The molecule has 5 aliphatic rings. The molecule has 24 nitrogen and oxygen atoms in total. The number of allylic oxidation sites excluding steroid dienone is 3. The number of esters is 2. The zero-order valence-electron chi connectivity index (χ0n) is 55.6. The van der Waals surface area contributed by atoms with Crippen molar-refractivity contribution in [1.82, 2.24) is 20.4 Å². The number of benzene rings is 2. The fourth-order valence-electron chi connectivity index (χ4n) is 12.8. The number of carbonyl (C=O) groups excluding carboxylic acids is 10. The Labute approximate surface area is 549 Å². The van der Waals surface area contributed by atoms with E-state index in [9.17, 15) is 53.1 Å². The van der Waals surface area contributed by atoms with Crippen molar-refractivity contribution in [2.75, 3.05) is 77.5 Å². The number of hydrogen-bond acceptors (Lipinski definition) is 18. The van der Waals surface area contributed by atoms with Gasteiger partial charge in [0.05, 0.1) is 51.0 Å². The van der Waals surface area contributed by atoms with Crippen molar-refractivity contribution in [3.63, 3.8) is 0 Å². The number of ketones is 2. The van der Waals surface area contributed by atoms with Crippen molar-refractivity contribution in [2.24, 2.45) is 29.4 Å². The Balaban J connectivity index is 1.09. The van der Waals surface area contributed by atoms with Gasteiger partial charge in [-0.15, -0.1) is 0 Å². The number of methoxy groups -OCH3 is 2. The number of halogens is 1. The fourth-order valence-corrected chi connectivity index (χ4v) is 13.1. The third-order valence-corrected chi connectivity index (χ3v) is 19.2. The third-order valence-electron chi connectivity index (χ3n) is 18.8. The Kier molecular flexibility index (Phi) is 25.4. The molecular formula is C68H94ClN7O17. The van der Waals surface area contributed by atoms with Gasteiger partial charge in [0.2, 0.25) is 23.6 Å². The maximum absolute atomic E-state index is 14.7. The summed E-state index contributed by atoms with van der Waals surface area (Å²) >= 11 is 6.90. The molecule has 25 heteroatoms. The van der Waals surface area contributed by atoms with Crippen LogP contribution >= 0.6 is 11.6 Å². The second-order valence-electron chi connectivity index (χ2n) is 26.1. The predicted molar refractivity (Wildman–Crippen MR) is 345 cm³/mol. The number of rotatable bonds is 25. The highest BCUT2D eigenvalue weighted by atomic mass is 35.5. The van der Waals surface area contributed by atoms with E-state index in [2.05, 4.69) is 10.6 Å². The molecule has 0 spiro atoms. The number of unbranched alkanes of at least 4 members (excludes halogenated alkanes) is 2. The summed E-state index contributed by atoms with van der Waals surface area (Å²) in [5.41, 5.74) is 5.53. The van der Waals surface area contributed by atoms with Crippen LogP contribution in [0.15, 0.2) is 54.1 Å². The number of ether oxygens (including phenoxy) is 6. The first-order valence-corrected chi connectivity index (χ1v) is 32.6. The topological polar surface area (TPSA) is 313 Å². The summed E-state index contributed by atoms with van der Waals surface area (Å²) in [7, 11) is 5.89. The number of likely N-dealkylation sites (N-methyl/N-ethyl adjacent to an activating group) is 1. The predicted octanol–water partition coefficient (Wildman–Crippen LogP) is 6.15. The summed E-state index contributed by atoms with van der Waals surface area (Å²) in [6, 6.07) is 5.31. The van der Waals surface area contributed by atoms with E-state index >= 15 is 0 Å². The van der Waals surface area contributed by atoms with Gasteiger partial charge in [0.15, 0.2) is 5.78 Å². The van der Waals surface area contributed by atoms with Crippen molar-refractivity contribution in [2.45, 2.75) is 180 Å². The van der Waals surface area contributed by atoms with Crippen LogP contribution in [0.2, 0.25) is 5.02 Å². The normalized spacial score (nSPS) is 26.2. The first kappa shape index (κ1) is 73.2. The van der Waals surface area contributed by atoms with Crippen LogP contribution in [0.25, 0.3) is 0 Å². The Morgan fingerprint density at radius 3 is 2.32 bits per heavy atom. The number of nitrogens with two attached hydrogens (primary N) is 1. The second-order valence-corrected chi connectivity index (χ2v) is 26.5. The van der Waals surface area contributed by atoms with Gasteiger partial charge in [0, 0.05) is 108 Å². The second kappa shape index (κ2) is 32.3. The number of nitrogens with zero attached hydrogens (tertiary/aromatic N) is 4. The van der Waals surface area contributed by atoms with Crippen molar-refractivity contribution < 1.29 is 81.5 Å². The molecule has 0 aromatic heterocycles. The zero-order valence-corrected chi connectivity index (χ0v) is 56.3. The van der Waals surface area contributed by atoms with E-state index in [4.69, 9.17) is 45.8 Å². The lowest BCUT2D eigenvalue weighted by molar-refractivity contribution is -0.187. The minimum absolute atomic E-state index is 0.0213. The Bertz CT molecular complexity index is 3190. The third kappa shape index (κ3) is 18.4. The molecule has 1 unspecified atom stereocenters. The Morgan fingerprint density at radius 2 is 1.67 bits per heavy atom. The Morgan fingerprint density at radius 1 is 0.946 bits per heavy atom. The first-order valence-electron chi connectivity index (χ1n) is 32.3. The average Bonchev–Trinajstić information content (AvgIpc) is 1.58. The van der Waals surface area contributed by atoms with Crippen LogP contribution < -0.4 is 30.9 Å². The van der Waals surface area contributed by atoms with Gasteiger partial charge in [0.1, 0.15) is 52.1 Å². The molecule has 4 fully saturated rings. The van der Waals surface area contributed by atoms with Crippen molar-refractivity contribution in [3.8, 4) is 5.75 Å². The van der Waals surface area contributed by atoms with E-state index in [1.54, 1.807) is 70.3 Å². The molecule has 4 saturated heterocycles. The van der Waals surface area contributed by atoms with Gasteiger partial charge in [-0.3, -0.25) is 43.3 Å². The SMILES string of the molecule is COc1cc2cc(c1Cl)N(C)C(=O)C[C@H](OC(=O)[C@H](C)N(C)C(=O)c1ccc(CC(=O)[C@H](CCCNC(N)=O)NC(=O)[C@@H](CC(=O)CCCCCN3C(=O)CC(C)C3=O)C(C)C)c(N3CCOCC3)c1)[C@]1(C)O[C@H]1[C@H](C)[C@@H]1C[C@@](O)(CC(=O)O1)[C@H](OC)/C=C/C=C(\C)C2. The lowest BCUT2D eigenvalue weighted by Gasteiger charge is -2.41. The summed E-state index contributed by atoms with van der Waals surface area (Å²) in [6.45, 7) is 14.2. The molecule has 2 aromatic carbocycles. The molecule has 5 aliphatic heterocycles. The number of amides is 7. The molecule has 5 N–H and O–H groups in total. The molecule has 7 rings (SSSR count). The van der Waals surface area contributed by atoms with Crippen LogP contribution in [0, 0.1) is 23.7 Å². The van der Waals surface area contributed by atoms with Gasteiger partial charge in [-0.1, -0.05) is 75.6 Å². The summed E-state index contributed by atoms with van der Waals surface area (Å²) in [5.74, 6) is -5.65. The maximum atomic E-state index is 14.7. The summed E-state index contributed by atoms with van der Waals surface area (Å²) in [6.07, 6.45) is 3.26. The molecule has 5 heterocycles. The number of urea groups is 1. The maximum Gasteiger partial charge on any atom is 0.328 e. The number of fused-ring (bicyclic) bond motifs is 5. The average molecular weight is 1320 g/mol. The smallest absolute Gasteiger partial charge is 0.328 e. The van der Waals surface area contributed by atoms with Crippen LogP contribution in [0.3, 0.4) is 0 Å². The molecular weight excluding hydrogens is 1220 g/mol. The quantitative estimate of drug-likeness (QED) is 0.0375. The summed E-state index contributed by atoms with van der Waals surface area (Å²) in [4.78, 5) is 142.